The number of nitrogens with one attached hydrogen (secondary N) is 1. The molecule has 0 spiro atoms. The molecule has 1 heterocycles. The Bertz CT molecular complexity index is 283. The van der Waals surface area contributed by atoms with Gasteiger partial charge in [-0.2, -0.15) is 12.7 Å². The first-order valence-electron chi connectivity index (χ1n) is 3.40. The van der Waals surface area contributed by atoms with Crippen LogP contribution in [0.3, 0.4) is 0 Å². The van der Waals surface area contributed by atoms with E-state index in [9.17, 15) is 8.42 Å². The highest BCUT2D eigenvalue weighted by Gasteiger charge is 2.17. The largest absolute Gasteiger partial charge is 0.302 e. The average Bonchev–Trinajstić information content (AvgIpc) is 2.38. The van der Waals surface area contributed by atoms with Crippen molar-refractivity contribution in [3.05, 3.63) is 0 Å². The molecule has 7 heteroatoms. The molecule has 1 aliphatic heterocycles. The van der Waals surface area contributed by atoms with Crippen molar-refractivity contribution in [2.75, 3.05) is 26.4 Å². The van der Waals surface area contributed by atoms with Gasteiger partial charge < -0.3 is 0 Å². The Morgan fingerprint density at radius 1 is 1.58 bits per heavy atom. The van der Waals surface area contributed by atoms with Gasteiger partial charge in [0, 0.05) is 19.8 Å². The third-order valence-corrected chi connectivity index (χ3v) is 3.72. The van der Waals surface area contributed by atoms with E-state index in [0.29, 0.717) is 11.7 Å². The molecular formula is C5H11N3O2S2. The van der Waals surface area contributed by atoms with Gasteiger partial charge >= 0.3 is 10.2 Å². The molecule has 0 aromatic rings. The van der Waals surface area contributed by atoms with Crippen LogP contribution in [0.2, 0.25) is 0 Å². The first-order valence-corrected chi connectivity index (χ1v) is 5.82. The molecule has 0 radical (unpaired) electrons. The monoisotopic (exact) mass is 209 g/mol. The fraction of sp³-hybridized carbons (Fsp3) is 0.800. The molecule has 1 rings (SSSR count). The van der Waals surface area contributed by atoms with Crippen molar-refractivity contribution in [1.29, 1.82) is 0 Å². The van der Waals surface area contributed by atoms with E-state index < -0.39 is 10.2 Å². The highest BCUT2D eigenvalue weighted by molar-refractivity contribution is 8.15. The van der Waals surface area contributed by atoms with Crippen LogP contribution in [0.5, 0.6) is 0 Å². The van der Waals surface area contributed by atoms with Crippen LogP contribution in [0.1, 0.15) is 0 Å². The lowest BCUT2D eigenvalue weighted by Gasteiger charge is -2.11. The standard InChI is InChI=1S/C5H11N3O2S2/c1-8(2)12(9,10)7-5-6-3-4-11-5/h3-4H2,1-2H3,(H,6,7). The number of thioether (sulfide) groups is 1. The Morgan fingerprint density at radius 2 is 2.25 bits per heavy atom. The normalized spacial score (nSPS) is 18.1. The van der Waals surface area contributed by atoms with E-state index in [1.165, 1.54) is 25.9 Å². The molecule has 0 aliphatic carbocycles. The predicted octanol–water partition coefficient (Wildman–Crippen LogP) is -0.515. The molecule has 1 N–H and O–H groups in total. The minimum atomic E-state index is -3.35. The molecule has 0 saturated heterocycles. The van der Waals surface area contributed by atoms with E-state index in [1.807, 2.05) is 0 Å². The van der Waals surface area contributed by atoms with Crippen LogP contribution < -0.4 is 4.72 Å². The van der Waals surface area contributed by atoms with Crippen LogP contribution in [0.4, 0.5) is 0 Å². The molecule has 1 aliphatic rings. The molecule has 0 saturated carbocycles. The van der Waals surface area contributed by atoms with Gasteiger partial charge in [0.25, 0.3) is 0 Å². The number of aliphatic imine (C=N–C) groups is 1. The Labute approximate surface area is 76.4 Å². The summed E-state index contributed by atoms with van der Waals surface area (Å²) in [6.45, 7) is 0.690. The molecule has 0 unspecified atom stereocenters. The van der Waals surface area contributed by atoms with Crippen molar-refractivity contribution in [2.24, 2.45) is 4.99 Å². The number of rotatable bonds is 2. The zero-order valence-electron chi connectivity index (χ0n) is 6.94. The predicted molar refractivity (Wildman–Crippen MR) is 50.5 cm³/mol. The van der Waals surface area contributed by atoms with Crippen molar-refractivity contribution in [3.8, 4) is 0 Å². The molecule has 5 nitrogen and oxygen atoms in total. The summed E-state index contributed by atoms with van der Waals surface area (Å²) < 4.78 is 25.9. The lowest BCUT2D eigenvalue weighted by Crippen LogP contribution is -2.37. The Morgan fingerprint density at radius 3 is 2.67 bits per heavy atom. The van der Waals surface area contributed by atoms with E-state index in [1.54, 1.807) is 0 Å². The van der Waals surface area contributed by atoms with Crippen LogP contribution in [-0.2, 0) is 10.2 Å². The van der Waals surface area contributed by atoms with E-state index in [-0.39, 0.29) is 0 Å². The first kappa shape index (κ1) is 9.82. The van der Waals surface area contributed by atoms with E-state index >= 15 is 0 Å². The summed E-state index contributed by atoms with van der Waals surface area (Å²) in [5.74, 6) is 0.852. The quantitative estimate of drug-likeness (QED) is 0.666. The maximum Gasteiger partial charge on any atom is 0.302 e. The van der Waals surface area contributed by atoms with E-state index in [0.717, 1.165) is 10.1 Å². The molecule has 0 bridgehead atoms. The molecule has 0 aromatic heterocycles. The number of amidine groups is 1. The third-order valence-electron chi connectivity index (χ3n) is 1.28. The summed E-state index contributed by atoms with van der Waals surface area (Å²) in [4.78, 5) is 3.97. The second-order valence-electron chi connectivity index (χ2n) is 2.42. The number of hydrogen-bond donors (Lipinski definition) is 1. The summed E-state index contributed by atoms with van der Waals surface area (Å²) in [5.41, 5.74) is 0. The van der Waals surface area contributed by atoms with Gasteiger partial charge in [0.2, 0.25) is 0 Å². The van der Waals surface area contributed by atoms with Gasteiger partial charge in [0.15, 0.2) is 5.17 Å². The van der Waals surface area contributed by atoms with Gasteiger partial charge in [-0.15, -0.1) is 0 Å². The maximum absolute atomic E-state index is 11.2. The van der Waals surface area contributed by atoms with Crippen molar-refractivity contribution < 1.29 is 8.42 Å². The van der Waals surface area contributed by atoms with E-state index in [2.05, 4.69) is 9.71 Å². The summed E-state index contributed by atoms with van der Waals surface area (Å²) >= 11 is 1.42. The molecule has 12 heavy (non-hydrogen) atoms. The first-order chi connectivity index (χ1) is 5.52. The summed E-state index contributed by atoms with van der Waals surface area (Å²) in [5, 5.41) is 0.490. The second-order valence-corrected chi connectivity index (χ2v) is 5.39. The fourth-order valence-electron chi connectivity index (χ4n) is 0.599. The average molecular weight is 209 g/mol. The molecule has 0 amide bonds. The topological polar surface area (TPSA) is 61.8 Å². The van der Waals surface area contributed by atoms with Crippen LogP contribution >= 0.6 is 11.8 Å². The van der Waals surface area contributed by atoms with Crippen LogP contribution in [0.25, 0.3) is 0 Å². The van der Waals surface area contributed by atoms with Gasteiger partial charge in [0.1, 0.15) is 0 Å². The SMILES string of the molecule is CN(C)S(=O)(=O)NC1=NCCS1. The zero-order valence-corrected chi connectivity index (χ0v) is 8.57. The molecule has 0 aromatic carbocycles. The Balaban J connectivity index is 2.61. The smallest absolute Gasteiger partial charge is 0.261 e. The van der Waals surface area contributed by atoms with Gasteiger partial charge in [-0.3, -0.25) is 4.99 Å². The van der Waals surface area contributed by atoms with Gasteiger partial charge in [-0.25, -0.2) is 4.72 Å². The molecular weight excluding hydrogens is 198 g/mol. The van der Waals surface area contributed by atoms with Gasteiger partial charge in [0.05, 0.1) is 6.54 Å². The number of hydrogen-bond acceptors (Lipinski definition) is 4. The van der Waals surface area contributed by atoms with Crippen molar-refractivity contribution >= 4 is 27.1 Å². The molecule has 0 fully saturated rings. The van der Waals surface area contributed by atoms with Crippen molar-refractivity contribution in [3.63, 3.8) is 0 Å². The fourth-order valence-corrected chi connectivity index (χ4v) is 2.18. The second kappa shape index (κ2) is 3.63. The van der Waals surface area contributed by atoms with Crippen molar-refractivity contribution in [2.45, 2.75) is 0 Å². The maximum atomic E-state index is 11.2. The Kier molecular flexibility index (Phi) is 2.97. The van der Waals surface area contributed by atoms with Crippen LogP contribution in [0.15, 0.2) is 4.99 Å². The van der Waals surface area contributed by atoms with E-state index in [4.69, 9.17) is 0 Å². The summed E-state index contributed by atoms with van der Waals surface area (Å²) in [7, 11) is -0.400. The third kappa shape index (κ3) is 2.36. The zero-order chi connectivity index (χ0) is 9.19. The lowest BCUT2D eigenvalue weighted by atomic mass is 10.8. The van der Waals surface area contributed by atoms with Gasteiger partial charge in [-0.05, 0) is 0 Å². The summed E-state index contributed by atoms with van der Waals surface area (Å²) in [6, 6.07) is 0. The van der Waals surface area contributed by atoms with Gasteiger partial charge in [-0.1, -0.05) is 11.8 Å². The number of nitrogens with zero attached hydrogens (tertiary/aromatic N) is 2. The van der Waals surface area contributed by atoms with Crippen molar-refractivity contribution in [1.82, 2.24) is 9.03 Å². The Hall–Kier alpha value is -0.270. The lowest BCUT2D eigenvalue weighted by molar-refractivity contribution is 0.517. The summed E-state index contributed by atoms with van der Waals surface area (Å²) in [6.07, 6.45) is 0. The highest BCUT2D eigenvalue weighted by atomic mass is 32.2. The van der Waals surface area contributed by atoms with Crippen LogP contribution in [0, 0.1) is 0 Å². The minimum absolute atomic E-state index is 0.490. The van der Waals surface area contributed by atoms with Crippen LogP contribution in [-0.4, -0.2) is 44.3 Å². The highest BCUT2D eigenvalue weighted by Crippen LogP contribution is 2.10. The minimum Gasteiger partial charge on any atom is -0.261 e. The molecule has 0 atom stereocenters. The molecule has 70 valence electrons.